The molecule has 0 aliphatic rings. The SMILES string of the molecule is [CH2]CCCNC(CCC(=O)O)C(=O)O. The van der Waals surface area contributed by atoms with Crippen molar-refractivity contribution >= 4 is 11.9 Å². The number of nitrogens with one attached hydrogen (secondary N) is 1. The normalized spacial score (nSPS) is 12.4. The van der Waals surface area contributed by atoms with Crippen molar-refractivity contribution < 1.29 is 19.8 Å². The Morgan fingerprint density at radius 1 is 1.36 bits per heavy atom. The zero-order valence-corrected chi connectivity index (χ0v) is 8.03. The molecular weight excluding hydrogens is 186 g/mol. The molecule has 0 aromatic rings. The van der Waals surface area contributed by atoms with Crippen molar-refractivity contribution in [3.05, 3.63) is 6.92 Å². The van der Waals surface area contributed by atoms with E-state index < -0.39 is 18.0 Å². The summed E-state index contributed by atoms with van der Waals surface area (Å²) < 4.78 is 0. The Morgan fingerprint density at radius 2 is 2.00 bits per heavy atom. The summed E-state index contributed by atoms with van der Waals surface area (Å²) in [6, 6.07) is -0.766. The van der Waals surface area contributed by atoms with Crippen molar-refractivity contribution in [2.75, 3.05) is 6.54 Å². The highest BCUT2D eigenvalue weighted by Gasteiger charge is 2.17. The van der Waals surface area contributed by atoms with Gasteiger partial charge in [-0.05, 0) is 19.4 Å². The Hall–Kier alpha value is -1.10. The predicted molar refractivity (Wildman–Crippen MR) is 50.9 cm³/mol. The topological polar surface area (TPSA) is 86.6 Å². The van der Waals surface area contributed by atoms with Crippen LogP contribution in [-0.2, 0) is 9.59 Å². The van der Waals surface area contributed by atoms with Gasteiger partial charge in [-0.25, -0.2) is 0 Å². The minimum absolute atomic E-state index is 0.113. The standard InChI is InChI=1S/C9H16NO4/c1-2-3-6-10-7(9(13)14)4-5-8(11)12/h7,10H,1-6H2,(H,11,12)(H,13,14). The molecule has 0 fully saturated rings. The van der Waals surface area contributed by atoms with Crippen molar-refractivity contribution in [1.29, 1.82) is 0 Å². The van der Waals surface area contributed by atoms with E-state index in [0.29, 0.717) is 6.54 Å². The van der Waals surface area contributed by atoms with Crippen LogP contribution in [-0.4, -0.2) is 34.7 Å². The average molecular weight is 202 g/mol. The van der Waals surface area contributed by atoms with Crippen LogP contribution < -0.4 is 5.32 Å². The lowest BCUT2D eigenvalue weighted by Crippen LogP contribution is -2.37. The first kappa shape index (κ1) is 12.9. The number of carbonyl (C=O) groups is 2. The lowest BCUT2D eigenvalue weighted by Gasteiger charge is -2.12. The van der Waals surface area contributed by atoms with Crippen LogP contribution in [0.3, 0.4) is 0 Å². The number of hydrogen-bond acceptors (Lipinski definition) is 3. The van der Waals surface area contributed by atoms with Crippen LogP contribution >= 0.6 is 0 Å². The van der Waals surface area contributed by atoms with Crippen molar-refractivity contribution in [2.24, 2.45) is 0 Å². The molecular formula is C9H16NO4. The second-order valence-corrected chi connectivity index (χ2v) is 2.98. The summed E-state index contributed by atoms with van der Waals surface area (Å²) >= 11 is 0. The Morgan fingerprint density at radius 3 is 2.43 bits per heavy atom. The Labute approximate surface area is 83.1 Å². The highest BCUT2D eigenvalue weighted by Crippen LogP contribution is 1.98. The predicted octanol–water partition coefficient (Wildman–Crippen LogP) is 0.508. The van der Waals surface area contributed by atoms with Crippen molar-refractivity contribution in [2.45, 2.75) is 31.7 Å². The maximum Gasteiger partial charge on any atom is 0.320 e. The lowest BCUT2D eigenvalue weighted by atomic mass is 10.1. The molecule has 0 aromatic carbocycles. The van der Waals surface area contributed by atoms with Gasteiger partial charge in [0, 0.05) is 6.42 Å². The molecule has 0 bridgehead atoms. The van der Waals surface area contributed by atoms with Gasteiger partial charge in [-0.15, -0.1) is 0 Å². The van der Waals surface area contributed by atoms with E-state index in [-0.39, 0.29) is 12.8 Å². The molecule has 0 heterocycles. The molecule has 3 N–H and O–H groups in total. The molecule has 0 aromatic heterocycles. The molecule has 5 nitrogen and oxygen atoms in total. The quantitative estimate of drug-likeness (QED) is 0.499. The maximum atomic E-state index is 10.6. The smallest absolute Gasteiger partial charge is 0.320 e. The van der Waals surface area contributed by atoms with Crippen LogP contribution in [0.25, 0.3) is 0 Å². The maximum absolute atomic E-state index is 10.6. The van der Waals surface area contributed by atoms with Gasteiger partial charge in [0.2, 0.25) is 0 Å². The summed E-state index contributed by atoms with van der Waals surface area (Å²) in [7, 11) is 0. The van der Waals surface area contributed by atoms with E-state index in [1.54, 1.807) is 0 Å². The molecule has 1 atom stereocenters. The van der Waals surface area contributed by atoms with E-state index in [2.05, 4.69) is 12.2 Å². The molecule has 14 heavy (non-hydrogen) atoms. The summed E-state index contributed by atoms with van der Waals surface area (Å²) in [5.74, 6) is -1.98. The van der Waals surface area contributed by atoms with Crippen molar-refractivity contribution in [3.63, 3.8) is 0 Å². The molecule has 0 spiro atoms. The fourth-order valence-electron chi connectivity index (χ4n) is 0.982. The number of hydrogen-bond donors (Lipinski definition) is 3. The van der Waals surface area contributed by atoms with Crippen LogP contribution in [0.4, 0.5) is 0 Å². The van der Waals surface area contributed by atoms with Gasteiger partial charge in [0.05, 0.1) is 0 Å². The van der Waals surface area contributed by atoms with Gasteiger partial charge in [-0.2, -0.15) is 0 Å². The Balaban J connectivity index is 3.78. The van der Waals surface area contributed by atoms with E-state index in [4.69, 9.17) is 10.2 Å². The fraction of sp³-hybridized carbons (Fsp3) is 0.667. The summed E-state index contributed by atoms with van der Waals surface area (Å²) in [5.41, 5.74) is 0. The number of rotatable bonds is 8. The summed E-state index contributed by atoms with van der Waals surface area (Å²) in [5, 5.41) is 19.9. The summed E-state index contributed by atoms with van der Waals surface area (Å²) in [6.45, 7) is 4.18. The summed E-state index contributed by atoms with van der Waals surface area (Å²) in [4.78, 5) is 20.9. The Kier molecular flexibility index (Phi) is 6.74. The zero-order valence-electron chi connectivity index (χ0n) is 8.03. The Bertz CT molecular complexity index is 193. The van der Waals surface area contributed by atoms with Gasteiger partial charge in [0.15, 0.2) is 0 Å². The minimum Gasteiger partial charge on any atom is -0.481 e. The van der Waals surface area contributed by atoms with Gasteiger partial charge >= 0.3 is 11.9 Å². The van der Waals surface area contributed by atoms with Gasteiger partial charge in [-0.1, -0.05) is 13.3 Å². The van der Waals surface area contributed by atoms with Crippen molar-refractivity contribution in [1.82, 2.24) is 5.32 Å². The molecule has 5 heteroatoms. The molecule has 0 aliphatic heterocycles. The highest BCUT2D eigenvalue weighted by atomic mass is 16.4. The van der Waals surface area contributed by atoms with Gasteiger partial charge in [-0.3, -0.25) is 9.59 Å². The first-order valence-electron chi connectivity index (χ1n) is 4.55. The van der Waals surface area contributed by atoms with E-state index in [1.807, 2.05) is 0 Å². The lowest BCUT2D eigenvalue weighted by molar-refractivity contribution is -0.140. The molecule has 0 saturated heterocycles. The molecule has 0 aliphatic carbocycles. The zero-order chi connectivity index (χ0) is 11.0. The third-order valence-electron chi connectivity index (χ3n) is 1.76. The third kappa shape index (κ3) is 6.42. The monoisotopic (exact) mass is 202 g/mol. The number of carboxylic acids is 2. The minimum atomic E-state index is -1.00. The molecule has 81 valence electrons. The first-order valence-corrected chi connectivity index (χ1v) is 4.55. The van der Waals surface area contributed by atoms with E-state index >= 15 is 0 Å². The molecule has 1 unspecified atom stereocenters. The molecule has 1 radical (unpaired) electrons. The van der Waals surface area contributed by atoms with Gasteiger partial charge < -0.3 is 15.5 Å². The molecule has 0 rings (SSSR count). The van der Waals surface area contributed by atoms with Gasteiger partial charge in [0.1, 0.15) is 6.04 Å². The average Bonchev–Trinajstić information content (AvgIpc) is 2.10. The van der Waals surface area contributed by atoms with Crippen LogP contribution in [0.5, 0.6) is 0 Å². The van der Waals surface area contributed by atoms with E-state index in [0.717, 1.165) is 12.8 Å². The van der Waals surface area contributed by atoms with E-state index in [9.17, 15) is 9.59 Å². The van der Waals surface area contributed by atoms with Crippen LogP contribution in [0.15, 0.2) is 0 Å². The van der Waals surface area contributed by atoms with Crippen LogP contribution in [0.2, 0.25) is 0 Å². The first-order chi connectivity index (χ1) is 6.57. The van der Waals surface area contributed by atoms with Crippen LogP contribution in [0.1, 0.15) is 25.7 Å². The largest absolute Gasteiger partial charge is 0.481 e. The van der Waals surface area contributed by atoms with E-state index in [1.165, 1.54) is 0 Å². The highest BCUT2D eigenvalue weighted by molar-refractivity contribution is 5.75. The van der Waals surface area contributed by atoms with Crippen LogP contribution in [0, 0.1) is 6.92 Å². The third-order valence-corrected chi connectivity index (χ3v) is 1.76. The summed E-state index contributed by atoms with van der Waals surface area (Å²) in [6.07, 6.45) is 1.51. The fourth-order valence-corrected chi connectivity index (χ4v) is 0.982. The number of unbranched alkanes of at least 4 members (excludes halogenated alkanes) is 1. The van der Waals surface area contributed by atoms with Gasteiger partial charge in [0.25, 0.3) is 0 Å². The molecule has 0 saturated carbocycles. The second kappa shape index (κ2) is 7.32. The second-order valence-electron chi connectivity index (χ2n) is 2.98. The number of aliphatic carboxylic acids is 2. The number of carboxylic acid groups (broad SMARTS) is 2. The molecule has 0 amide bonds. The van der Waals surface area contributed by atoms with Crippen molar-refractivity contribution in [3.8, 4) is 0 Å².